The van der Waals surface area contributed by atoms with E-state index in [0.717, 1.165) is 49.9 Å². The van der Waals surface area contributed by atoms with E-state index in [-0.39, 0.29) is 0 Å². The fourth-order valence-corrected chi connectivity index (χ4v) is 1.98. The quantitative estimate of drug-likeness (QED) is 0.723. The summed E-state index contributed by atoms with van der Waals surface area (Å²) in [5, 5.41) is 6.56. The van der Waals surface area contributed by atoms with Crippen molar-refractivity contribution in [1.29, 1.82) is 0 Å². The van der Waals surface area contributed by atoms with Crippen LogP contribution in [0.4, 0.5) is 11.6 Å². The molecular weight excluding hydrogens is 252 g/mol. The van der Waals surface area contributed by atoms with Gasteiger partial charge in [0, 0.05) is 38.1 Å². The molecule has 0 saturated carbocycles. The van der Waals surface area contributed by atoms with Crippen LogP contribution in [0.2, 0.25) is 0 Å². The summed E-state index contributed by atoms with van der Waals surface area (Å²) in [5.41, 5.74) is 0. The fraction of sp³-hybridized carbons (Fsp3) is 0.500. The molecule has 2 rings (SSSR count). The molecule has 20 heavy (non-hydrogen) atoms. The molecule has 2 aromatic rings. The number of rotatable bonds is 8. The number of unbranched alkanes of at least 4 members (excludes halogenated alkanes) is 1. The van der Waals surface area contributed by atoms with Crippen molar-refractivity contribution in [2.75, 3.05) is 23.7 Å². The molecule has 0 unspecified atom stereocenters. The number of hydrogen-bond donors (Lipinski definition) is 2. The summed E-state index contributed by atoms with van der Waals surface area (Å²) in [7, 11) is 0. The maximum atomic E-state index is 4.39. The molecule has 0 atom stereocenters. The van der Waals surface area contributed by atoms with Crippen molar-refractivity contribution in [2.24, 2.45) is 0 Å². The predicted octanol–water partition coefficient (Wildman–Crippen LogP) is 2.31. The molecule has 0 aliphatic rings. The molecule has 0 bridgehead atoms. The molecule has 2 aromatic heterocycles. The van der Waals surface area contributed by atoms with Crippen LogP contribution in [0, 0.1) is 6.92 Å². The van der Waals surface area contributed by atoms with Crippen LogP contribution >= 0.6 is 0 Å². The van der Waals surface area contributed by atoms with Crippen LogP contribution in [-0.4, -0.2) is 32.6 Å². The summed E-state index contributed by atoms with van der Waals surface area (Å²) in [5.74, 6) is 2.54. The molecule has 2 N–H and O–H groups in total. The lowest BCUT2D eigenvalue weighted by Crippen LogP contribution is -2.08. The summed E-state index contributed by atoms with van der Waals surface area (Å²) in [6.45, 7) is 6.75. The maximum Gasteiger partial charge on any atom is 0.131 e. The van der Waals surface area contributed by atoms with Crippen LogP contribution < -0.4 is 10.6 Å². The predicted molar refractivity (Wildman–Crippen MR) is 80.9 cm³/mol. The van der Waals surface area contributed by atoms with E-state index >= 15 is 0 Å². The van der Waals surface area contributed by atoms with Crippen LogP contribution in [0.5, 0.6) is 0 Å². The second-order valence-electron chi connectivity index (χ2n) is 4.65. The average Bonchev–Trinajstić information content (AvgIpc) is 2.91. The minimum Gasteiger partial charge on any atom is -0.370 e. The van der Waals surface area contributed by atoms with Crippen molar-refractivity contribution in [3.63, 3.8) is 0 Å². The highest BCUT2D eigenvalue weighted by Crippen LogP contribution is 2.11. The van der Waals surface area contributed by atoms with Crippen LogP contribution in [-0.2, 0) is 6.54 Å². The number of imidazole rings is 1. The first-order valence-corrected chi connectivity index (χ1v) is 7.07. The summed E-state index contributed by atoms with van der Waals surface area (Å²) in [6.07, 6.45) is 7.86. The van der Waals surface area contributed by atoms with Crippen molar-refractivity contribution < 1.29 is 0 Å². The van der Waals surface area contributed by atoms with Crippen LogP contribution in [0.3, 0.4) is 0 Å². The lowest BCUT2D eigenvalue weighted by Gasteiger charge is -2.09. The lowest BCUT2D eigenvalue weighted by atomic mass is 10.3. The number of nitrogens with one attached hydrogen (secondary N) is 2. The van der Waals surface area contributed by atoms with Gasteiger partial charge in [0.15, 0.2) is 0 Å². The molecule has 0 aliphatic heterocycles. The van der Waals surface area contributed by atoms with Gasteiger partial charge in [0.05, 0.1) is 6.33 Å². The minimum atomic E-state index is 0.782. The van der Waals surface area contributed by atoms with Gasteiger partial charge < -0.3 is 15.2 Å². The third-order valence-electron chi connectivity index (χ3n) is 2.90. The van der Waals surface area contributed by atoms with E-state index in [1.165, 1.54) is 0 Å². The monoisotopic (exact) mass is 274 g/mol. The smallest absolute Gasteiger partial charge is 0.131 e. The van der Waals surface area contributed by atoms with Gasteiger partial charge in [-0.3, -0.25) is 0 Å². The molecule has 0 radical (unpaired) electrons. The van der Waals surface area contributed by atoms with Crippen LogP contribution in [0.1, 0.15) is 25.6 Å². The topological polar surface area (TPSA) is 67.7 Å². The second-order valence-corrected chi connectivity index (χ2v) is 4.65. The zero-order valence-corrected chi connectivity index (χ0v) is 12.1. The van der Waals surface area contributed by atoms with Gasteiger partial charge in [0.25, 0.3) is 0 Å². The number of nitrogens with zero attached hydrogens (tertiary/aromatic N) is 4. The third-order valence-corrected chi connectivity index (χ3v) is 2.90. The van der Waals surface area contributed by atoms with E-state index in [0.29, 0.717) is 0 Å². The first-order valence-electron chi connectivity index (χ1n) is 7.07. The largest absolute Gasteiger partial charge is 0.370 e. The molecule has 0 spiro atoms. The molecule has 108 valence electrons. The summed E-state index contributed by atoms with van der Waals surface area (Å²) in [6, 6.07) is 1.95. The molecule has 2 heterocycles. The fourth-order valence-electron chi connectivity index (χ4n) is 1.98. The van der Waals surface area contributed by atoms with Crippen LogP contribution in [0.15, 0.2) is 24.8 Å². The van der Waals surface area contributed by atoms with Crippen molar-refractivity contribution in [1.82, 2.24) is 19.5 Å². The number of anilines is 2. The SMILES string of the molecule is CCNc1cc(NCCCCn2ccnc2)nc(C)n1. The Hall–Kier alpha value is -2.11. The zero-order valence-electron chi connectivity index (χ0n) is 12.1. The Morgan fingerprint density at radius 2 is 1.95 bits per heavy atom. The Bertz CT molecular complexity index is 508. The first kappa shape index (κ1) is 14.3. The summed E-state index contributed by atoms with van der Waals surface area (Å²) in [4.78, 5) is 12.7. The van der Waals surface area contributed by atoms with Gasteiger partial charge in [-0.15, -0.1) is 0 Å². The molecular formula is C14H22N6. The number of hydrogen-bond acceptors (Lipinski definition) is 5. The van der Waals surface area contributed by atoms with E-state index in [1.54, 1.807) is 0 Å². The van der Waals surface area contributed by atoms with Gasteiger partial charge in [0.2, 0.25) is 0 Å². The molecule has 6 heteroatoms. The van der Waals surface area contributed by atoms with Crippen molar-refractivity contribution in [3.8, 4) is 0 Å². The van der Waals surface area contributed by atoms with Gasteiger partial charge in [0.1, 0.15) is 17.5 Å². The lowest BCUT2D eigenvalue weighted by molar-refractivity contribution is 0.620. The minimum absolute atomic E-state index is 0.782. The second kappa shape index (κ2) is 7.47. The Labute approximate surface area is 119 Å². The third kappa shape index (κ3) is 4.53. The molecule has 0 saturated heterocycles. The molecule has 6 nitrogen and oxygen atoms in total. The summed E-state index contributed by atoms with van der Waals surface area (Å²) >= 11 is 0. The normalized spacial score (nSPS) is 10.5. The maximum absolute atomic E-state index is 4.39. The van der Waals surface area contributed by atoms with E-state index in [2.05, 4.69) is 37.1 Å². The van der Waals surface area contributed by atoms with Gasteiger partial charge in [-0.1, -0.05) is 0 Å². The van der Waals surface area contributed by atoms with Gasteiger partial charge in [-0.05, 0) is 26.7 Å². The highest BCUT2D eigenvalue weighted by Gasteiger charge is 2.00. The Morgan fingerprint density at radius 3 is 2.65 bits per heavy atom. The molecule has 0 fully saturated rings. The van der Waals surface area contributed by atoms with Crippen molar-refractivity contribution in [2.45, 2.75) is 33.2 Å². The van der Waals surface area contributed by atoms with Crippen molar-refractivity contribution >= 4 is 11.6 Å². The Morgan fingerprint density at radius 1 is 1.15 bits per heavy atom. The van der Waals surface area contributed by atoms with Crippen molar-refractivity contribution in [3.05, 3.63) is 30.6 Å². The van der Waals surface area contributed by atoms with Gasteiger partial charge in [-0.25, -0.2) is 15.0 Å². The van der Waals surface area contributed by atoms with Gasteiger partial charge in [-0.2, -0.15) is 0 Å². The molecule has 0 amide bonds. The Kier molecular flexibility index (Phi) is 5.34. The number of aryl methyl sites for hydroxylation is 2. The molecule has 0 aromatic carbocycles. The highest BCUT2D eigenvalue weighted by atomic mass is 15.1. The van der Waals surface area contributed by atoms with E-state index in [9.17, 15) is 0 Å². The van der Waals surface area contributed by atoms with E-state index < -0.39 is 0 Å². The average molecular weight is 274 g/mol. The first-order chi connectivity index (χ1) is 9.78. The standard InChI is InChI=1S/C14H22N6/c1-3-16-13-10-14(19-12(2)18-13)17-6-4-5-8-20-9-7-15-11-20/h7,9-11H,3-6,8H2,1-2H3,(H2,16,17,18,19). The zero-order chi connectivity index (χ0) is 14.2. The Balaban J connectivity index is 1.73. The highest BCUT2D eigenvalue weighted by molar-refractivity contribution is 5.47. The van der Waals surface area contributed by atoms with Crippen LogP contribution in [0.25, 0.3) is 0 Å². The molecule has 0 aliphatic carbocycles. The number of aromatic nitrogens is 4. The summed E-state index contributed by atoms with van der Waals surface area (Å²) < 4.78 is 2.10. The van der Waals surface area contributed by atoms with Gasteiger partial charge >= 0.3 is 0 Å². The van der Waals surface area contributed by atoms with E-state index in [1.807, 2.05) is 31.7 Å². The van der Waals surface area contributed by atoms with E-state index in [4.69, 9.17) is 0 Å².